The number of amides is 1. The first-order valence-corrected chi connectivity index (χ1v) is 15.6. The van der Waals surface area contributed by atoms with E-state index in [4.69, 9.17) is 5.11 Å². The van der Waals surface area contributed by atoms with Gasteiger partial charge in [0.1, 0.15) is 0 Å². The van der Waals surface area contributed by atoms with E-state index in [0.717, 1.165) is 45.6 Å². The zero-order chi connectivity index (χ0) is 26.9. The van der Waals surface area contributed by atoms with Gasteiger partial charge in [-0.1, -0.05) is 72.6 Å². The van der Waals surface area contributed by atoms with Crippen LogP contribution in [0.4, 0.5) is 0 Å². The predicted molar refractivity (Wildman–Crippen MR) is 157 cm³/mol. The second-order valence-electron chi connectivity index (χ2n) is 10.6. The van der Waals surface area contributed by atoms with Gasteiger partial charge in [-0.25, -0.2) is 0 Å². The Morgan fingerprint density at radius 2 is 1.17 bits per heavy atom. The first kappa shape index (κ1) is 35.3. The van der Waals surface area contributed by atoms with Crippen molar-refractivity contribution >= 4 is 5.91 Å². The van der Waals surface area contributed by atoms with E-state index in [-0.39, 0.29) is 5.91 Å². The molecule has 2 aliphatic heterocycles. The molecule has 0 aromatic carbocycles. The first-order valence-electron chi connectivity index (χ1n) is 15.6. The van der Waals surface area contributed by atoms with E-state index >= 15 is 0 Å². The molecule has 0 bridgehead atoms. The SMILES string of the molecule is CC.CC(=O)N1CCN(CCCCCCCO)CC1.CC(C)NCCCCCCCN1CCCCC1. The zero-order valence-electron chi connectivity index (χ0n) is 25.0. The third-order valence-corrected chi connectivity index (χ3v) is 7.10. The molecule has 1 amide bonds. The van der Waals surface area contributed by atoms with Gasteiger partial charge in [0.2, 0.25) is 5.91 Å². The van der Waals surface area contributed by atoms with Gasteiger partial charge in [-0.3, -0.25) is 9.69 Å². The molecule has 0 spiro atoms. The van der Waals surface area contributed by atoms with Crippen molar-refractivity contribution in [3.05, 3.63) is 0 Å². The molecular formula is C30H64N4O2. The predicted octanol–water partition coefficient (Wildman–Crippen LogP) is 5.54. The van der Waals surface area contributed by atoms with Gasteiger partial charge < -0.3 is 20.2 Å². The molecule has 0 aromatic rings. The second kappa shape index (κ2) is 25.9. The van der Waals surface area contributed by atoms with Crippen LogP contribution in [0.5, 0.6) is 0 Å². The summed E-state index contributed by atoms with van der Waals surface area (Å²) in [6.07, 6.45) is 17.2. The van der Waals surface area contributed by atoms with Gasteiger partial charge in [0.15, 0.2) is 0 Å². The summed E-state index contributed by atoms with van der Waals surface area (Å²) in [5.41, 5.74) is 0. The molecule has 0 aliphatic carbocycles. The van der Waals surface area contributed by atoms with Crippen molar-refractivity contribution in [3.63, 3.8) is 0 Å². The Hall–Kier alpha value is -0.690. The number of hydrogen-bond acceptors (Lipinski definition) is 5. The number of unbranched alkanes of at least 4 members (excludes halogenated alkanes) is 8. The summed E-state index contributed by atoms with van der Waals surface area (Å²) in [6.45, 7) is 20.7. The molecule has 36 heavy (non-hydrogen) atoms. The number of nitrogens with zero attached hydrogens (tertiary/aromatic N) is 3. The van der Waals surface area contributed by atoms with Gasteiger partial charge in [0.25, 0.3) is 0 Å². The van der Waals surface area contributed by atoms with Crippen LogP contribution in [0.1, 0.15) is 118 Å². The Morgan fingerprint density at radius 1 is 0.694 bits per heavy atom. The largest absolute Gasteiger partial charge is 0.396 e. The van der Waals surface area contributed by atoms with E-state index in [1.54, 1.807) is 6.92 Å². The number of piperidine rings is 1. The molecule has 216 valence electrons. The number of piperazine rings is 1. The maximum absolute atomic E-state index is 11.2. The molecule has 0 unspecified atom stereocenters. The summed E-state index contributed by atoms with van der Waals surface area (Å²) in [5.74, 6) is 0.202. The standard InChI is InChI=1S/C15H32N2.C13H26N2O2.C2H6/c1-15(2)16-11-7-4-3-5-8-12-17-13-9-6-10-14-17;1-13(17)15-10-8-14(9-11-15)7-5-3-2-4-6-12-16;1-2/h15-16H,3-14H2,1-2H3;16H,2-12H2,1H3;1-2H3. The van der Waals surface area contributed by atoms with Crippen LogP contribution in [-0.4, -0.2) is 97.3 Å². The number of likely N-dealkylation sites (tertiary alicyclic amines) is 1. The van der Waals surface area contributed by atoms with Gasteiger partial charge in [-0.05, 0) is 71.2 Å². The van der Waals surface area contributed by atoms with E-state index in [9.17, 15) is 4.79 Å². The topological polar surface area (TPSA) is 59.1 Å². The Kier molecular flexibility index (Phi) is 25.4. The second-order valence-corrected chi connectivity index (χ2v) is 10.6. The quantitative estimate of drug-likeness (QED) is 0.266. The van der Waals surface area contributed by atoms with Crippen molar-refractivity contribution in [2.24, 2.45) is 0 Å². The van der Waals surface area contributed by atoms with E-state index < -0.39 is 0 Å². The van der Waals surface area contributed by atoms with Crippen molar-refractivity contribution in [2.45, 2.75) is 124 Å². The molecule has 0 saturated carbocycles. The number of carbonyl (C=O) groups excluding carboxylic acids is 1. The molecule has 2 heterocycles. The summed E-state index contributed by atoms with van der Waals surface area (Å²) >= 11 is 0. The van der Waals surface area contributed by atoms with Crippen LogP contribution < -0.4 is 5.32 Å². The van der Waals surface area contributed by atoms with Crippen molar-refractivity contribution in [1.82, 2.24) is 20.0 Å². The lowest BCUT2D eigenvalue weighted by molar-refractivity contribution is -0.130. The van der Waals surface area contributed by atoms with E-state index in [0.29, 0.717) is 12.6 Å². The Morgan fingerprint density at radius 3 is 1.67 bits per heavy atom. The third kappa shape index (κ3) is 21.4. The number of rotatable bonds is 16. The smallest absolute Gasteiger partial charge is 0.219 e. The summed E-state index contributed by atoms with van der Waals surface area (Å²) in [4.78, 5) is 18.2. The highest BCUT2D eigenvalue weighted by Crippen LogP contribution is 2.11. The molecule has 2 aliphatic rings. The maximum Gasteiger partial charge on any atom is 0.219 e. The van der Waals surface area contributed by atoms with Crippen LogP contribution in [0.25, 0.3) is 0 Å². The average molecular weight is 513 g/mol. The van der Waals surface area contributed by atoms with Crippen LogP contribution in [0.3, 0.4) is 0 Å². The third-order valence-electron chi connectivity index (χ3n) is 7.10. The number of hydrogen-bond donors (Lipinski definition) is 2. The molecule has 0 radical (unpaired) electrons. The Labute approximate surface area is 225 Å². The van der Waals surface area contributed by atoms with Gasteiger partial charge in [-0.15, -0.1) is 0 Å². The minimum Gasteiger partial charge on any atom is -0.396 e. The lowest BCUT2D eigenvalue weighted by atomic mass is 10.1. The number of carbonyl (C=O) groups is 1. The minimum absolute atomic E-state index is 0.202. The van der Waals surface area contributed by atoms with Gasteiger partial charge in [-0.2, -0.15) is 0 Å². The Bertz CT molecular complexity index is 462. The summed E-state index contributed by atoms with van der Waals surface area (Å²) in [5, 5.41) is 12.1. The van der Waals surface area contributed by atoms with Crippen LogP contribution in [-0.2, 0) is 4.79 Å². The zero-order valence-corrected chi connectivity index (χ0v) is 25.0. The van der Waals surface area contributed by atoms with Gasteiger partial charge >= 0.3 is 0 Å². The van der Waals surface area contributed by atoms with E-state index in [1.807, 2.05) is 18.7 Å². The molecule has 6 heteroatoms. The highest BCUT2D eigenvalue weighted by atomic mass is 16.2. The molecular weight excluding hydrogens is 448 g/mol. The average Bonchev–Trinajstić information content (AvgIpc) is 2.90. The number of aliphatic hydroxyl groups is 1. The molecule has 6 nitrogen and oxygen atoms in total. The molecule has 0 atom stereocenters. The highest BCUT2D eigenvalue weighted by molar-refractivity contribution is 5.73. The summed E-state index contributed by atoms with van der Waals surface area (Å²) < 4.78 is 0. The molecule has 0 aromatic heterocycles. The van der Waals surface area contributed by atoms with Crippen molar-refractivity contribution in [3.8, 4) is 0 Å². The van der Waals surface area contributed by atoms with Crippen LogP contribution in [0.15, 0.2) is 0 Å². The van der Waals surface area contributed by atoms with Crippen molar-refractivity contribution < 1.29 is 9.90 Å². The lowest BCUT2D eigenvalue weighted by Crippen LogP contribution is -2.48. The van der Waals surface area contributed by atoms with Crippen LogP contribution >= 0.6 is 0 Å². The van der Waals surface area contributed by atoms with Gasteiger partial charge in [0, 0.05) is 45.8 Å². The normalized spacial score (nSPS) is 16.8. The fourth-order valence-electron chi connectivity index (χ4n) is 4.83. The molecule has 2 fully saturated rings. The summed E-state index contributed by atoms with van der Waals surface area (Å²) in [6, 6.07) is 0.647. The molecule has 2 N–H and O–H groups in total. The number of aliphatic hydroxyl groups excluding tert-OH is 1. The van der Waals surface area contributed by atoms with Crippen molar-refractivity contribution in [1.29, 1.82) is 0 Å². The van der Waals surface area contributed by atoms with Gasteiger partial charge in [0.05, 0.1) is 0 Å². The fraction of sp³-hybridized carbons (Fsp3) is 0.967. The summed E-state index contributed by atoms with van der Waals surface area (Å²) in [7, 11) is 0. The Balaban J connectivity index is 0.000000637. The number of nitrogens with one attached hydrogen (secondary N) is 1. The van der Waals surface area contributed by atoms with Crippen molar-refractivity contribution in [2.75, 3.05) is 65.5 Å². The first-order chi connectivity index (χ1) is 17.5. The minimum atomic E-state index is 0.202. The maximum atomic E-state index is 11.2. The van der Waals surface area contributed by atoms with Crippen LogP contribution in [0.2, 0.25) is 0 Å². The highest BCUT2D eigenvalue weighted by Gasteiger charge is 2.17. The van der Waals surface area contributed by atoms with Crippen LogP contribution in [0, 0.1) is 0 Å². The lowest BCUT2D eigenvalue weighted by Gasteiger charge is -2.34. The monoisotopic (exact) mass is 513 g/mol. The molecule has 2 saturated heterocycles. The molecule has 2 rings (SSSR count). The van der Waals surface area contributed by atoms with E-state index in [2.05, 4.69) is 29.0 Å². The van der Waals surface area contributed by atoms with E-state index in [1.165, 1.54) is 96.8 Å². The fourth-order valence-corrected chi connectivity index (χ4v) is 4.83.